The minimum absolute atomic E-state index is 0. The lowest BCUT2D eigenvalue weighted by Crippen LogP contribution is -2.47. The fraction of sp³-hybridized carbons (Fsp3) is 0.421. The number of thioether (sulfide) groups is 1. The second-order valence-corrected chi connectivity index (χ2v) is 7.57. The normalized spacial score (nSPS) is 20.4. The summed E-state index contributed by atoms with van der Waals surface area (Å²) in [6.07, 6.45) is 0.843. The van der Waals surface area contributed by atoms with Gasteiger partial charge in [-0.25, -0.2) is 0 Å². The molecule has 1 unspecified atom stereocenters. The number of nitrogens with one attached hydrogen (secondary N) is 1. The molecule has 1 fully saturated rings. The van der Waals surface area contributed by atoms with Crippen molar-refractivity contribution >= 4 is 52.5 Å². The van der Waals surface area contributed by atoms with Crippen LogP contribution in [-0.4, -0.2) is 53.7 Å². The zero-order valence-corrected chi connectivity index (χ0v) is 17.9. The van der Waals surface area contributed by atoms with Gasteiger partial charge in [-0.3, -0.25) is 4.99 Å². The molecule has 1 heterocycles. The maximum Gasteiger partial charge on any atom is 0.193 e. The van der Waals surface area contributed by atoms with Gasteiger partial charge in [-0.15, -0.1) is 24.0 Å². The predicted molar refractivity (Wildman–Crippen MR) is 119 cm³/mol. The summed E-state index contributed by atoms with van der Waals surface area (Å²) in [5.74, 6) is 2.64. The number of benzene rings is 2. The van der Waals surface area contributed by atoms with Crippen LogP contribution in [0.5, 0.6) is 0 Å². The van der Waals surface area contributed by atoms with Gasteiger partial charge < -0.3 is 15.3 Å². The zero-order valence-electron chi connectivity index (χ0n) is 14.7. The van der Waals surface area contributed by atoms with Crippen molar-refractivity contribution in [1.29, 1.82) is 0 Å². The number of aliphatic imine (C=N–C) groups is 1. The summed E-state index contributed by atoms with van der Waals surface area (Å²) in [5, 5.41) is 16.3. The number of halogens is 1. The van der Waals surface area contributed by atoms with Gasteiger partial charge in [0.05, 0.1) is 5.60 Å². The van der Waals surface area contributed by atoms with Gasteiger partial charge in [0.25, 0.3) is 0 Å². The molecule has 136 valence electrons. The van der Waals surface area contributed by atoms with Crippen LogP contribution in [0.15, 0.2) is 47.5 Å². The average molecular weight is 471 g/mol. The Balaban J connectivity index is 0.00000225. The van der Waals surface area contributed by atoms with E-state index in [9.17, 15) is 5.11 Å². The van der Waals surface area contributed by atoms with Crippen molar-refractivity contribution in [1.82, 2.24) is 10.2 Å². The van der Waals surface area contributed by atoms with E-state index < -0.39 is 5.60 Å². The molecule has 0 spiro atoms. The van der Waals surface area contributed by atoms with Crippen LogP contribution in [0.3, 0.4) is 0 Å². The molecule has 1 aliphatic heterocycles. The third kappa shape index (κ3) is 5.24. The number of aliphatic hydroxyl groups is 1. The minimum Gasteiger partial charge on any atom is -0.387 e. The third-order valence-electron chi connectivity index (χ3n) is 4.47. The van der Waals surface area contributed by atoms with E-state index in [0.29, 0.717) is 6.54 Å². The summed E-state index contributed by atoms with van der Waals surface area (Å²) in [6.45, 7) is 1.33. The fourth-order valence-corrected chi connectivity index (χ4v) is 4.35. The summed E-state index contributed by atoms with van der Waals surface area (Å²) in [5.41, 5.74) is 0.638. The van der Waals surface area contributed by atoms with Crippen molar-refractivity contribution in [2.45, 2.75) is 18.6 Å². The largest absolute Gasteiger partial charge is 0.387 e. The maximum absolute atomic E-state index is 10.5. The van der Waals surface area contributed by atoms with E-state index in [2.05, 4.69) is 57.7 Å². The van der Waals surface area contributed by atoms with E-state index in [1.165, 1.54) is 16.3 Å². The average Bonchev–Trinajstić information content (AvgIpc) is 3.02. The molecule has 1 saturated heterocycles. The van der Waals surface area contributed by atoms with Crippen molar-refractivity contribution < 1.29 is 5.11 Å². The molecule has 3 rings (SSSR count). The minimum atomic E-state index is -0.607. The third-order valence-corrected chi connectivity index (χ3v) is 5.70. The summed E-state index contributed by atoms with van der Waals surface area (Å²) in [7, 11) is 3.81. The van der Waals surface area contributed by atoms with Crippen LogP contribution in [0.4, 0.5) is 0 Å². The Morgan fingerprint density at radius 3 is 2.72 bits per heavy atom. The van der Waals surface area contributed by atoms with Crippen LogP contribution in [0.25, 0.3) is 10.8 Å². The van der Waals surface area contributed by atoms with Gasteiger partial charge in [-0.1, -0.05) is 36.4 Å². The van der Waals surface area contributed by atoms with Crippen molar-refractivity contribution in [2.24, 2.45) is 4.99 Å². The van der Waals surface area contributed by atoms with Crippen LogP contribution in [0, 0.1) is 0 Å². The summed E-state index contributed by atoms with van der Waals surface area (Å²) in [6, 6.07) is 14.9. The van der Waals surface area contributed by atoms with Gasteiger partial charge in [-0.05, 0) is 34.6 Å². The first kappa shape index (κ1) is 20.3. The smallest absolute Gasteiger partial charge is 0.193 e. The van der Waals surface area contributed by atoms with Gasteiger partial charge in [0.2, 0.25) is 0 Å². The second kappa shape index (κ2) is 9.09. The number of rotatable bonds is 4. The molecular weight excluding hydrogens is 445 g/mol. The molecule has 4 nitrogen and oxygen atoms in total. The highest BCUT2D eigenvalue weighted by Crippen LogP contribution is 2.27. The highest BCUT2D eigenvalue weighted by Gasteiger charge is 2.31. The van der Waals surface area contributed by atoms with Crippen LogP contribution in [0.1, 0.15) is 12.0 Å². The fourth-order valence-electron chi connectivity index (χ4n) is 3.05. The second-order valence-electron chi connectivity index (χ2n) is 6.47. The summed E-state index contributed by atoms with van der Waals surface area (Å²) in [4.78, 5) is 6.44. The molecule has 0 bridgehead atoms. The van der Waals surface area contributed by atoms with E-state index in [-0.39, 0.29) is 24.0 Å². The van der Waals surface area contributed by atoms with Gasteiger partial charge in [0, 0.05) is 32.9 Å². The highest BCUT2D eigenvalue weighted by atomic mass is 127. The number of guanidine groups is 1. The summed E-state index contributed by atoms with van der Waals surface area (Å²) < 4.78 is 0. The molecule has 1 atom stereocenters. The van der Waals surface area contributed by atoms with Gasteiger partial charge in [0.1, 0.15) is 0 Å². The molecule has 0 amide bonds. The Hall–Kier alpha value is -0.990. The Bertz CT molecular complexity index is 731. The Morgan fingerprint density at radius 2 is 2.04 bits per heavy atom. The zero-order chi connectivity index (χ0) is 17.0. The van der Waals surface area contributed by atoms with Crippen LogP contribution in [0.2, 0.25) is 0 Å². The quantitative estimate of drug-likeness (QED) is 0.408. The van der Waals surface area contributed by atoms with Crippen molar-refractivity contribution in [3.05, 3.63) is 48.0 Å². The lowest BCUT2D eigenvalue weighted by molar-refractivity contribution is 0.0718. The first-order chi connectivity index (χ1) is 11.6. The Labute approximate surface area is 171 Å². The standard InChI is InChI=1S/C19H25N3OS.HI/c1-20-18(21-13-19(23)9-10-24-14-19)22(2)12-15-7-8-16-5-3-4-6-17(16)11-15;/h3-8,11,23H,9-10,12-14H2,1-2H3,(H,20,21);1H. The molecule has 0 aromatic heterocycles. The van der Waals surface area contributed by atoms with Crippen LogP contribution >= 0.6 is 35.7 Å². The molecule has 0 saturated carbocycles. The Kier molecular flexibility index (Phi) is 7.39. The molecule has 25 heavy (non-hydrogen) atoms. The number of hydrogen-bond acceptors (Lipinski definition) is 3. The molecule has 0 radical (unpaired) electrons. The van der Waals surface area contributed by atoms with E-state index in [1.54, 1.807) is 7.05 Å². The van der Waals surface area contributed by atoms with E-state index >= 15 is 0 Å². The van der Waals surface area contributed by atoms with E-state index in [0.717, 1.165) is 30.4 Å². The number of fused-ring (bicyclic) bond motifs is 1. The lowest BCUT2D eigenvalue weighted by Gasteiger charge is -2.27. The molecule has 2 aromatic carbocycles. The highest BCUT2D eigenvalue weighted by molar-refractivity contribution is 14.0. The van der Waals surface area contributed by atoms with E-state index in [4.69, 9.17) is 0 Å². The van der Waals surface area contributed by atoms with Crippen LogP contribution in [-0.2, 0) is 6.54 Å². The van der Waals surface area contributed by atoms with E-state index in [1.807, 2.05) is 18.8 Å². The number of nitrogens with zero attached hydrogens (tertiary/aromatic N) is 2. The number of hydrogen-bond donors (Lipinski definition) is 2. The van der Waals surface area contributed by atoms with Gasteiger partial charge >= 0.3 is 0 Å². The van der Waals surface area contributed by atoms with Crippen molar-refractivity contribution in [2.75, 3.05) is 32.1 Å². The van der Waals surface area contributed by atoms with Gasteiger partial charge in [0.15, 0.2) is 5.96 Å². The first-order valence-corrected chi connectivity index (χ1v) is 9.45. The molecule has 2 aromatic rings. The molecule has 0 aliphatic carbocycles. The van der Waals surface area contributed by atoms with Crippen molar-refractivity contribution in [3.8, 4) is 0 Å². The van der Waals surface area contributed by atoms with Gasteiger partial charge in [-0.2, -0.15) is 11.8 Å². The lowest BCUT2D eigenvalue weighted by atomic mass is 10.0. The maximum atomic E-state index is 10.5. The SMILES string of the molecule is CN=C(NCC1(O)CCSC1)N(C)Cc1ccc2ccccc2c1.I. The monoisotopic (exact) mass is 471 g/mol. The molecule has 6 heteroatoms. The molecule has 1 aliphatic rings. The predicted octanol–water partition coefficient (Wildman–Crippen LogP) is 3.33. The van der Waals surface area contributed by atoms with Crippen molar-refractivity contribution in [3.63, 3.8) is 0 Å². The van der Waals surface area contributed by atoms with Crippen LogP contribution < -0.4 is 5.32 Å². The topological polar surface area (TPSA) is 47.9 Å². The first-order valence-electron chi connectivity index (χ1n) is 8.29. The molecule has 2 N–H and O–H groups in total. The summed E-state index contributed by atoms with van der Waals surface area (Å²) >= 11 is 1.81. The molecular formula is C19H26IN3OS. The Morgan fingerprint density at radius 1 is 1.28 bits per heavy atom.